The average Bonchev–Trinajstić information content (AvgIpc) is 2.72. The van der Waals surface area contributed by atoms with Crippen molar-refractivity contribution >= 4 is 29.0 Å². The first-order chi connectivity index (χ1) is 14.0. The topological polar surface area (TPSA) is 83.1 Å². The van der Waals surface area contributed by atoms with Crippen LogP contribution in [0.2, 0.25) is 0 Å². The molecule has 3 rings (SSSR count). The van der Waals surface area contributed by atoms with Crippen molar-refractivity contribution in [2.75, 3.05) is 16.0 Å². The number of benzene rings is 2. The lowest BCUT2D eigenvalue weighted by Crippen LogP contribution is -2.26. The summed E-state index contributed by atoms with van der Waals surface area (Å²) in [4.78, 5) is 30.0. The molecule has 2 amide bonds. The van der Waals surface area contributed by atoms with Gasteiger partial charge in [0.05, 0.1) is 0 Å². The Hall–Kier alpha value is -3.93. The van der Waals surface area contributed by atoms with Crippen molar-refractivity contribution in [3.8, 4) is 0 Å². The Morgan fingerprint density at radius 1 is 0.759 bits per heavy atom. The van der Waals surface area contributed by atoms with Crippen LogP contribution in [0.5, 0.6) is 0 Å². The molecule has 1 aromatic heterocycles. The molecule has 0 bridgehead atoms. The maximum atomic E-state index is 12.9. The van der Waals surface area contributed by atoms with E-state index in [1.807, 2.05) is 56.3 Å². The predicted octanol–water partition coefficient (Wildman–Crippen LogP) is 4.27. The molecule has 2 aromatic carbocycles. The van der Waals surface area contributed by atoms with Gasteiger partial charge in [0, 0.05) is 23.8 Å². The Morgan fingerprint density at radius 2 is 1.28 bits per heavy atom. The van der Waals surface area contributed by atoms with E-state index in [0.29, 0.717) is 17.2 Å². The Balaban J connectivity index is 1.86. The van der Waals surface area contributed by atoms with Crippen molar-refractivity contribution in [2.45, 2.75) is 13.8 Å². The smallest absolute Gasteiger partial charge is 0.262 e. The van der Waals surface area contributed by atoms with Crippen molar-refractivity contribution in [3.63, 3.8) is 0 Å². The number of nitrogens with zero attached hydrogens (tertiary/aromatic N) is 1. The SMILES string of the molecule is Cc1ccccc1NC(=O)C(=CNc1ccccn1)C(=O)Nc1ccccc1C. The summed E-state index contributed by atoms with van der Waals surface area (Å²) in [7, 11) is 0. The lowest BCUT2D eigenvalue weighted by atomic mass is 10.1. The first kappa shape index (κ1) is 19.8. The zero-order valence-electron chi connectivity index (χ0n) is 16.3. The number of pyridine rings is 1. The standard InChI is InChI=1S/C23H22N4O2/c1-16-9-3-5-11-19(16)26-22(28)18(15-25-21-13-7-8-14-24-21)23(29)27-20-12-6-4-10-17(20)2/h3-15H,1-2H3,(H,24,25)(H,26,28)(H,27,29). The third kappa shape index (κ3) is 5.29. The van der Waals surface area contributed by atoms with Gasteiger partial charge in [-0.3, -0.25) is 9.59 Å². The minimum atomic E-state index is -0.520. The predicted molar refractivity (Wildman–Crippen MR) is 116 cm³/mol. The molecule has 1 heterocycles. The number of hydrogen-bond donors (Lipinski definition) is 3. The van der Waals surface area contributed by atoms with Gasteiger partial charge < -0.3 is 16.0 Å². The second kappa shape index (κ2) is 9.32. The molecule has 0 aliphatic rings. The summed E-state index contributed by atoms with van der Waals surface area (Å²) in [5, 5.41) is 8.51. The summed E-state index contributed by atoms with van der Waals surface area (Å²) in [6, 6.07) is 20.1. The third-order valence-electron chi connectivity index (χ3n) is 4.31. The van der Waals surface area contributed by atoms with Crippen molar-refractivity contribution < 1.29 is 9.59 Å². The van der Waals surface area contributed by atoms with Crippen LogP contribution in [0.15, 0.2) is 84.7 Å². The highest BCUT2D eigenvalue weighted by Crippen LogP contribution is 2.17. The zero-order chi connectivity index (χ0) is 20.6. The number of rotatable bonds is 6. The molecule has 0 radical (unpaired) electrons. The van der Waals surface area contributed by atoms with Gasteiger partial charge in [-0.05, 0) is 49.2 Å². The number of amides is 2. The van der Waals surface area contributed by atoms with Crippen molar-refractivity contribution in [1.82, 2.24) is 4.98 Å². The van der Waals surface area contributed by atoms with Gasteiger partial charge in [-0.1, -0.05) is 42.5 Å². The number of carbonyl (C=O) groups excluding carboxylic acids is 2. The highest BCUT2D eigenvalue weighted by atomic mass is 16.2. The van der Waals surface area contributed by atoms with Crippen molar-refractivity contribution in [1.29, 1.82) is 0 Å². The molecule has 0 spiro atoms. The summed E-state index contributed by atoms with van der Waals surface area (Å²) >= 11 is 0. The van der Waals surface area contributed by atoms with Crippen molar-refractivity contribution in [2.24, 2.45) is 0 Å². The number of carbonyl (C=O) groups is 2. The monoisotopic (exact) mass is 386 g/mol. The van der Waals surface area contributed by atoms with Crippen LogP contribution in [0.1, 0.15) is 11.1 Å². The minimum absolute atomic E-state index is 0.0674. The van der Waals surface area contributed by atoms with E-state index < -0.39 is 11.8 Å². The maximum absolute atomic E-state index is 12.9. The molecular formula is C23H22N4O2. The largest absolute Gasteiger partial charge is 0.346 e. The normalized spacial score (nSPS) is 10.0. The molecule has 0 fully saturated rings. The van der Waals surface area contributed by atoms with Gasteiger partial charge in [0.15, 0.2) is 0 Å². The fourth-order valence-corrected chi connectivity index (χ4v) is 2.63. The molecule has 0 atom stereocenters. The Kier molecular flexibility index (Phi) is 6.37. The maximum Gasteiger partial charge on any atom is 0.262 e. The number of nitrogens with one attached hydrogen (secondary N) is 3. The quantitative estimate of drug-likeness (QED) is 0.336. The van der Waals surface area contributed by atoms with Gasteiger partial charge in [0.2, 0.25) is 0 Å². The lowest BCUT2D eigenvalue weighted by molar-refractivity contribution is -0.118. The number of aromatic nitrogens is 1. The molecular weight excluding hydrogens is 364 g/mol. The summed E-state index contributed by atoms with van der Waals surface area (Å²) in [5.41, 5.74) is 3.02. The van der Waals surface area contributed by atoms with E-state index in [-0.39, 0.29) is 5.57 Å². The molecule has 29 heavy (non-hydrogen) atoms. The summed E-state index contributed by atoms with van der Waals surface area (Å²) in [5.74, 6) is -0.514. The number of aryl methyl sites for hydroxylation is 2. The van der Waals surface area contributed by atoms with Crippen LogP contribution in [0, 0.1) is 13.8 Å². The minimum Gasteiger partial charge on any atom is -0.346 e. The van der Waals surface area contributed by atoms with E-state index in [9.17, 15) is 9.59 Å². The van der Waals surface area contributed by atoms with Crippen LogP contribution in [-0.4, -0.2) is 16.8 Å². The van der Waals surface area contributed by atoms with Gasteiger partial charge >= 0.3 is 0 Å². The fourth-order valence-electron chi connectivity index (χ4n) is 2.63. The van der Waals surface area contributed by atoms with E-state index in [4.69, 9.17) is 0 Å². The summed E-state index contributed by atoms with van der Waals surface area (Å²) in [6.45, 7) is 3.77. The van der Waals surface area contributed by atoms with Crippen LogP contribution in [-0.2, 0) is 9.59 Å². The van der Waals surface area contributed by atoms with Gasteiger partial charge in [-0.15, -0.1) is 0 Å². The highest BCUT2D eigenvalue weighted by molar-refractivity contribution is 6.26. The number of para-hydroxylation sites is 2. The second-order valence-corrected chi connectivity index (χ2v) is 6.46. The molecule has 0 unspecified atom stereocenters. The van der Waals surface area contributed by atoms with E-state index in [1.54, 1.807) is 30.5 Å². The molecule has 0 aliphatic carbocycles. The molecule has 0 aliphatic heterocycles. The molecule has 0 saturated carbocycles. The third-order valence-corrected chi connectivity index (χ3v) is 4.31. The van der Waals surface area contributed by atoms with Crippen LogP contribution in [0.25, 0.3) is 0 Å². The number of hydrogen-bond acceptors (Lipinski definition) is 4. The van der Waals surface area contributed by atoms with Crippen LogP contribution in [0.4, 0.5) is 17.2 Å². The van der Waals surface area contributed by atoms with E-state index in [0.717, 1.165) is 11.1 Å². The van der Waals surface area contributed by atoms with E-state index in [1.165, 1.54) is 6.20 Å². The second-order valence-electron chi connectivity index (χ2n) is 6.46. The number of anilines is 3. The van der Waals surface area contributed by atoms with Gasteiger partial charge in [0.25, 0.3) is 11.8 Å². The lowest BCUT2D eigenvalue weighted by Gasteiger charge is -2.13. The van der Waals surface area contributed by atoms with Gasteiger partial charge in [0.1, 0.15) is 11.4 Å². The first-order valence-corrected chi connectivity index (χ1v) is 9.16. The Morgan fingerprint density at radius 3 is 1.76 bits per heavy atom. The van der Waals surface area contributed by atoms with Gasteiger partial charge in [-0.25, -0.2) is 4.98 Å². The fraction of sp³-hybridized carbons (Fsp3) is 0.0870. The average molecular weight is 386 g/mol. The summed E-state index contributed by atoms with van der Waals surface area (Å²) < 4.78 is 0. The molecule has 146 valence electrons. The van der Waals surface area contributed by atoms with Gasteiger partial charge in [-0.2, -0.15) is 0 Å². The molecule has 3 N–H and O–H groups in total. The molecule has 0 saturated heterocycles. The molecule has 6 nitrogen and oxygen atoms in total. The van der Waals surface area contributed by atoms with E-state index in [2.05, 4.69) is 20.9 Å². The van der Waals surface area contributed by atoms with Crippen LogP contribution < -0.4 is 16.0 Å². The van der Waals surface area contributed by atoms with Crippen LogP contribution >= 0.6 is 0 Å². The molecule has 6 heteroatoms. The van der Waals surface area contributed by atoms with E-state index >= 15 is 0 Å². The molecule has 3 aromatic rings. The first-order valence-electron chi connectivity index (χ1n) is 9.16. The van der Waals surface area contributed by atoms with Crippen molar-refractivity contribution in [3.05, 3.63) is 95.8 Å². The Bertz CT molecular complexity index is 984. The Labute approximate surface area is 169 Å². The highest BCUT2D eigenvalue weighted by Gasteiger charge is 2.20. The zero-order valence-corrected chi connectivity index (χ0v) is 16.3. The summed E-state index contributed by atoms with van der Waals surface area (Å²) in [6.07, 6.45) is 2.99. The van der Waals surface area contributed by atoms with Crippen LogP contribution in [0.3, 0.4) is 0 Å².